The Morgan fingerprint density at radius 1 is 1.45 bits per heavy atom. The van der Waals surface area contributed by atoms with Gasteiger partial charge in [-0.15, -0.1) is 6.58 Å². The van der Waals surface area contributed by atoms with Gasteiger partial charge in [-0.2, -0.15) is 0 Å². The van der Waals surface area contributed by atoms with E-state index in [1.165, 1.54) is 0 Å². The Morgan fingerprint density at radius 3 is 3.05 bits per heavy atom. The minimum absolute atomic E-state index is 0.00833. The van der Waals surface area contributed by atoms with Gasteiger partial charge in [0.1, 0.15) is 5.75 Å². The molecule has 20 heavy (non-hydrogen) atoms. The van der Waals surface area contributed by atoms with Gasteiger partial charge in [0.05, 0.1) is 6.61 Å². The molecule has 0 unspecified atom stereocenters. The molecule has 0 radical (unpaired) electrons. The minimum Gasteiger partial charge on any atom is -0.484 e. The maximum Gasteiger partial charge on any atom is 0.258 e. The first-order chi connectivity index (χ1) is 9.76. The molecule has 0 heterocycles. The van der Waals surface area contributed by atoms with Crippen LogP contribution in [0.5, 0.6) is 5.75 Å². The molecule has 0 bridgehead atoms. The van der Waals surface area contributed by atoms with Crippen molar-refractivity contribution in [2.75, 3.05) is 33.4 Å². The number of amides is 1. The van der Waals surface area contributed by atoms with Crippen LogP contribution in [0.2, 0.25) is 0 Å². The summed E-state index contributed by atoms with van der Waals surface area (Å²) < 4.78 is 10.4. The van der Waals surface area contributed by atoms with E-state index < -0.39 is 0 Å². The molecule has 0 saturated heterocycles. The second kappa shape index (κ2) is 10.00. The minimum atomic E-state index is -0.159. The van der Waals surface area contributed by atoms with Crippen molar-refractivity contribution in [2.45, 2.75) is 6.54 Å². The van der Waals surface area contributed by atoms with E-state index in [1.807, 2.05) is 24.3 Å². The number of carbonyl (C=O) groups excluding carboxylic acids is 1. The SMILES string of the molecule is C=CCNC(=O)COc1cccc(CNCCOC)c1. The fourth-order valence-corrected chi connectivity index (χ4v) is 1.54. The zero-order valence-electron chi connectivity index (χ0n) is 11.9. The topological polar surface area (TPSA) is 59.6 Å². The van der Waals surface area contributed by atoms with E-state index in [-0.39, 0.29) is 12.5 Å². The molecule has 5 heteroatoms. The molecule has 110 valence electrons. The number of carbonyl (C=O) groups is 1. The summed E-state index contributed by atoms with van der Waals surface area (Å²) >= 11 is 0. The van der Waals surface area contributed by atoms with Crippen molar-refractivity contribution < 1.29 is 14.3 Å². The van der Waals surface area contributed by atoms with Gasteiger partial charge in [-0.1, -0.05) is 18.2 Å². The lowest BCUT2D eigenvalue weighted by Crippen LogP contribution is -2.28. The predicted octanol–water partition coefficient (Wildman–Crippen LogP) is 1.10. The van der Waals surface area contributed by atoms with Crippen molar-refractivity contribution >= 4 is 5.91 Å². The Balaban J connectivity index is 2.35. The number of nitrogens with one attached hydrogen (secondary N) is 2. The van der Waals surface area contributed by atoms with Crippen LogP contribution >= 0.6 is 0 Å². The van der Waals surface area contributed by atoms with E-state index in [9.17, 15) is 4.79 Å². The zero-order chi connectivity index (χ0) is 14.6. The van der Waals surface area contributed by atoms with Crippen LogP contribution in [0.4, 0.5) is 0 Å². The Labute approximate surface area is 120 Å². The smallest absolute Gasteiger partial charge is 0.258 e. The maximum absolute atomic E-state index is 11.4. The number of rotatable bonds is 10. The highest BCUT2D eigenvalue weighted by Crippen LogP contribution is 2.12. The van der Waals surface area contributed by atoms with Gasteiger partial charge in [-0.3, -0.25) is 4.79 Å². The lowest BCUT2D eigenvalue weighted by atomic mass is 10.2. The van der Waals surface area contributed by atoms with Gasteiger partial charge in [0.15, 0.2) is 6.61 Å². The summed E-state index contributed by atoms with van der Waals surface area (Å²) in [6.45, 7) is 6.21. The monoisotopic (exact) mass is 278 g/mol. The Kier molecular flexibility index (Phi) is 8.10. The number of hydrogen-bond acceptors (Lipinski definition) is 4. The summed E-state index contributed by atoms with van der Waals surface area (Å²) in [6.07, 6.45) is 1.63. The Morgan fingerprint density at radius 2 is 2.30 bits per heavy atom. The van der Waals surface area contributed by atoms with Gasteiger partial charge in [0.25, 0.3) is 5.91 Å². The molecular formula is C15H22N2O3. The summed E-state index contributed by atoms with van der Waals surface area (Å²) in [5, 5.41) is 5.91. The van der Waals surface area contributed by atoms with E-state index in [0.717, 1.165) is 18.7 Å². The van der Waals surface area contributed by atoms with Crippen LogP contribution < -0.4 is 15.4 Å². The molecule has 1 aromatic carbocycles. The lowest BCUT2D eigenvalue weighted by molar-refractivity contribution is -0.122. The van der Waals surface area contributed by atoms with E-state index >= 15 is 0 Å². The van der Waals surface area contributed by atoms with Gasteiger partial charge in [-0.05, 0) is 17.7 Å². The van der Waals surface area contributed by atoms with E-state index in [4.69, 9.17) is 9.47 Å². The van der Waals surface area contributed by atoms with Crippen molar-refractivity contribution in [3.8, 4) is 5.75 Å². The molecule has 0 fully saturated rings. The molecule has 0 aromatic heterocycles. The van der Waals surface area contributed by atoms with Crippen molar-refractivity contribution in [2.24, 2.45) is 0 Å². The van der Waals surface area contributed by atoms with Gasteiger partial charge in [0, 0.05) is 26.7 Å². The van der Waals surface area contributed by atoms with Gasteiger partial charge in [-0.25, -0.2) is 0 Å². The van der Waals surface area contributed by atoms with E-state index in [0.29, 0.717) is 18.9 Å². The second-order valence-electron chi connectivity index (χ2n) is 4.20. The van der Waals surface area contributed by atoms with Crippen LogP contribution in [0.25, 0.3) is 0 Å². The third-order valence-corrected chi connectivity index (χ3v) is 2.52. The molecule has 1 aromatic rings. The highest BCUT2D eigenvalue weighted by Gasteiger charge is 2.02. The molecule has 2 N–H and O–H groups in total. The van der Waals surface area contributed by atoms with Crippen LogP contribution in [-0.2, 0) is 16.1 Å². The molecule has 0 aliphatic rings. The highest BCUT2D eigenvalue weighted by atomic mass is 16.5. The number of hydrogen-bond donors (Lipinski definition) is 2. The number of ether oxygens (including phenoxy) is 2. The zero-order valence-corrected chi connectivity index (χ0v) is 11.9. The average Bonchev–Trinajstić information content (AvgIpc) is 2.48. The quantitative estimate of drug-likeness (QED) is 0.497. The summed E-state index contributed by atoms with van der Waals surface area (Å²) in [6, 6.07) is 7.66. The predicted molar refractivity (Wildman–Crippen MR) is 78.7 cm³/mol. The molecule has 0 spiro atoms. The molecular weight excluding hydrogens is 256 g/mol. The van der Waals surface area contributed by atoms with Gasteiger partial charge >= 0.3 is 0 Å². The fraction of sp³-hybridized carbons (Fsp3) is 0.400. The van der Waals surface area contributed by atoms with Crippen LogP contribution in [-0.4, -0.2) is 39.3 Å². The maximum atomic E-state index is 11.4. The number of methoxy groups -OCH3 is 1. The Bertz CT molecular complexity index is 421. The molecule has 0 aliphatic heterocycles. The standard InChI is InChI=1S/C15H22N2O3/c1-3-7-17-15(18)12-20-14-6-4-5-13(10-14)11-16-8-9-19-2/h3-6,10,16H,1,7-9,11-12H2,2H3,(H,17,18). The summed E-state index contributed by atoms with van der Waals surface area (Å²) in [7, 11) is 1.67. The molecule has 0 atom stereocenters. The van der Waals surface area contributed by atoms with Crippen molar-refractivity contribution in [3.05, 3.63) is 42.5 Å². The van der Waals surface area contributed by atoms with Gasteiger partial charge < -0.3 is 20.1 Å². The van der Waals surface area contributed by atoms with Crippen LogP contribution in [0.3, 0.4) is 0 Å². The van der Waals surface area contributed by atoms with Gasteiger partial charge in [0.2, 0.25) is 0 Å². The normalized spacial score (nSPS) is 10.1. The Hall–Kier alpha value is -1.85. The molecule has 0 aliphatic carbocycles. The van der Waals surface area contributed by atoms with Crippen molar-refractivity contribution in [3.63, 3.8) is 0 Å². The molecule has 1 rings (SSSR count). The summed E-state index contributed by atoms with van der Waals surface area (Å²) in [4.78, 5) is 11.4. The highest BCUT2D eigenvalue weighted by molar-refractivity contribution is 5.77. The first-order valence-corrected chi connectivity index (χ1v) is 6.55. The molecule has 1 amide bonds. The second-order valence-corrected chi connectivity index (χ2v) is 4.20. The largest absolute Gasteiger partial charge is 0.484 e. The lowest BCUT2D eigenvalue weighted by Gasteiger charge is -2.09. The third-order valence-electron chi connectivity index (χ3n) is 2.52. The first-order valence-electron chi connectivity index (χ1n) is 6.55. The fourth-order valence-electron chi connectivity index (χ4n) is 1.54. The number of benzene rings is 1. The van der Waals surface area contributed by atoms with Crippen molar-refractivity contribution in [1.82, 2.24) is 10.6 Å². The molecule has 0 saturated carbocycles. The average molecular weight is 278 g/mol. The summed E-state index contributed by atoms with van der Waals surface area (Å²) in [5.41, 5.74) is 1.10. The van der Waals surface area contributed by atoms with E-state index in [2.05, 4.69) is 17.2 Å². The summed E-state index contributed by atoms with van der Waals surface area (Å²) in [5.74, 6) is 0.526. The first kappa shape index (κ1) is 16.2. The molecule has 5 nitrogen and oxygen atoms in total. The van der Waals surface area contributed by atoms with Crippen LogP contribution in [0.15, 0.2) is 36.9 Å². The van der Waals surface area contributed by atoms with E-state index in [1.54, 1.807) is 13.2 Å². The van der Waals surface area contributed by atoms with Crippen LogP contribution in [0, 0.1) is 0 Å². The third kappa shape index (κ3) is 6.92. The van der Waals surface area contributed by atoms with Crippen molar-refractivity contribution in [1.29, 1.82) is 0 Å². The van der Waals surface area contributed by atoms with Crippen LogP contribution in [0.1, 0.15) is 5.56 Å².